The standard InChI is InChI=1S/C12H17NO/c1-9(2)8-13-12-7-5-4-6-11(12)10(3)14/h4-7,9,13H,8H2,1-3H3. The minimum absolute atomic E-state index is 0.108. The van der Waals surface area contributed by atoms with Crippen molar-refractivity contribution in [3.8, 4) is 0 Å². The van der Waals surface area contributed by atoms with Crippen molar-refractivity contribution in [3.63, 3.8) is 0 Å². The molecule has 0 saturated heterocycles. The summed E-state index contributed by atoms with van der Waals surface area (Å²) in [6.07, 6.45) is 0. The molecule has 14 heavy (non-hydrogen) atoms. The zero-order chi connectivity index (χ0) is 10.6. The van der Waals surface area contributed by atoms with Crippen molar-refractivity contribution in [1.29, 1.82) is 0 Å². The maximum atomic E-state index is 11.3. The van der Waals surface area contributed by atoms with Gasteiger partial charge in [0, 0.05) is 17.8 Å². The van der Waals surface area contributed by atoms with E-state index in [-0.39, 0.29) is 5.78 Å². The van der Waals surface area contributed by atoms with Crippen LogP contribution in [0.2, 0.25) is 0 Å². The lowest BCUT2D eigenvalue weighted by molar-refractivity contribution is 0.101. The summed E-state index contributed by atoms with van der Waals surface area (Å²) in [4.78, 5) is 11.3. The first-order chi connectivity index (χ1) is 6.61. The lowest BCUT2D eigenvalue weighted by atomic mass is 10.1. The number of Topliss-reactive ketones (excluding diaryl/α,β-unsaturated/α-hetero) is 1. The minimum atomic E-state index is 0.108. The molecule has 0 amide bonds. The Morgan fingerprint density at radius 2 is 2.00 bits per heavy atom. The molecule has 0 saturated carbocycles. The van der Waals surface area contributed by atoms with Crippen LogP contribution in [0.25, 0.3) is 0 Å². The number of para-hydroxylation sites is 1. The Morgan fingerprint density at radius 3 is 2.57 bits per heavy atom. The molecule has 1 aromatic rings. The predicted octanol–water partition coefficient (Wildman–Crippen LogP) is 2.96. The molecule has 0 fully saturated rings. The Balaban J connectivity index is 2.79. The van der Waals surface area contributed by atoms with E-state index in [0.29, 0.717) is 5.92 Å². The molecule has 0 atom stereocenters. The van der Waals surface area contributed by atoms with Gasteiger partial charge >= 0.3 is 0 Å². The number of ketones is 1. The van der Waals surface area contributed by atoms with Crippen molar-refractivity contribution < 1.29 is 4.79 Å². The van der Waals surface area contributed by atoms with E-state index in [2.05, 4.69) is 19.2 Å². The lowest BCUT2D eigenvalue weighted by Crippen LogP contribution is -2.10. The highest BCUT2D eigenvalue weighted by atomic mass is 16.1. The number of benzene rings is 1. The largest absolute Gasteiger partial charge is 0.384 e. The molecular formula is C12H17NO. The Labute approximate surface area is 85.3 Å². The van der Waals surface area contributed by atoms with Crippen LogP contribution in [-0.4, -0.2) is 12.3 Å². The van der Waals surface area contributed by atoms with Gasteiger partial charge in [0.15, 0.2) is 5.78 Å². The number of hydrogen-bond donors (Lipinski definition) is 1. The van der Waals surface area contributed by atoms with Gasteiger partial charge in [-0.1, -0.05) is 26.0 Å². The number of rotatable bonds is 4. The Bertz CT molecular complexity index is 318. The molecule has 1 rings (SSSR count). The quantitative estimate of drug-likeness (QED) is 0.741. The van der Waals surface area contributed by atoms with Crippen LogP contribution < -0.4 is 5.32 Å². The minimum Gasteiger partial charge on any atom is -0.384 e. The molecule has 76 valence electrons. The van der Waals surface area contributed by atoms with E-state index in [9.17, 15) is 4.79 Å². The van der Waals surface area contributed by atoms with E-state index in [1.165, 1.54) is 0 Å². The molecule has 0 aliphatic rings. The summed E-state index contributed by atoms with van der Waals surface area (Å²) in [7, 11) is 0. The Morgan fingerprint density at radius 1 is 1.36 bits per heavy atom. The highest BCUT2D eigenvalue weighted by Crippen LogP contribution is 2.15. The summed E-state index contributed by atoms with van der Waals surface area (Å²) in [5.74, 6) is 0.687. The van der Waals surface area contributed by atoms with Crippen molar-refractivity contribution in [3.05, 3.63) is 29.8 Å². The SMILES string of the molecule is CC(=O)c1ccccc1NCC(C)C. The maximum absolute atomic E-state index is 11.3. The topological polar surface area (TPSA) is 29.1 Å². The molecule has 0 aromatic heterocycles. The number of hydrogen-bond acceptors (Lipinski definition) is 2. The third kappa shape index (κ3) is 2.87. The summed E-state index contributed by atoms with van der Waals surface area (Å²) in [6, 6.07) is 7.62. The van der Waals surface area contributed by atoms with Gasteiger partial charge in [-0.2, -0.15) is 0 Å². The van der Waals surface area contributed by atoms with Gasteiger partial charge in [0.1, 0.15) is 0 Å². The summed E-state index contributed by atoms with van der Waals surface area (Å²) >= 11 is 0. The van der Waals surface area contributed by atoms with Crippen molar-refractivity contribution in [1.82, 2.24) is 0 Å². The van der Waals surface area contributed by atoms with E-state index in [1.54, 1.807) is 6.92 Å². The van der Waals surface area contributed by atoms with Gasteiger partial charge in [0.2, 0.25) is 0 Å². The summed E-state index contributed by atoms with van der Waals surface area (Å²) < 4.78 is 0. The maximum Gasteiger partial charge on any atom is 0.161 e. The van der Waals surface area contributed by atoms with E-state index < -0.39 is 0 Å². The molecule has 1 aromatic carbocycles. The first-order valence-electron chi connectivity index (χ1n) is 4.95. The van der Waals surface area contributed by atoms with Crippen LogP contribution in [0.1, 0.15) is 31.1 Å². The third-order valence-electron chi connectivity index (χ3n) is 2.01. The number of nitrogens with one attached hydrogen (secondary N) is 1. The second kappa shape index (κ2) is 4.80. The van der Waals surface area contributed by atoms with E-state index >= 15 is 0 Å². The Hall–Kier alpha value is -1.31. The fraction of sp³-hybridized carbons (Fsp3) is 0.417. The zero-order valence-corrected chi connectivity index (χ0v) is 9.00. The number of carbonyl (C=O) groups excluding carboxylic acids is 1. The second-order valence-corrected chi connectivity index (χ2v) is 3.88. The molecular weight excluding hydrogens is 174 g/mol. The van der Waals surface area contributed by atoms with Gasteiger partial charge in [-0.3, -0.25) is 4.79 Å². The molecule has 0 bridgehead atoms. The normalized spacial score (nSPS) is 10.3. The average molecular weight is 191 g/mol. The monoisotopic (exact) mass is 191 g/mol. The molecule has 2 heteroatoms. The first kappa shape index (κ1) is 10.8. The predicted molar refractivity (Wildman–Crippen MR) is 59.8 cm³/mol. The van der Waals surface area contributed by atoms with Crippen LogP contribution in [-0.2, 0) is 0 Å². The van der Waals surface area contributed by atoms with Crippen LogP contribution in [0.3, 0.4) is 0 Å². The van der Waals surface area contributed by atoms with E-state index in [4.69, 9.17) is 0 Å². The van der Waals surface area contributed by atoms with Crippen molar-refractivity contribution in [2.75, 3.05) is 11.9 Å². The number of anilines is 1. The smallest absolute Gasteiger partial charge is 0.161 e. The third-order valence-corrected chi connectivity index (χ3v) is 2.01. The zero-order valence-electron chi connectivity index (χ0n) is 9.00. The van der Waals surface area contributed by atoms with E-state index in [1.807, 2.05) is 24.3 Å². The van der Waals surface area contributed by atoms with Crippen LogP contribution in [0.4, 0.5) is 5.69 Å². The second-order valence-electron chi connectivity index (χ2n) is 3.88. The molecule has 1 N–H and O–H groups in total. The van der Waals surface area contributed by atoms with Crippen LogP contribution in [0.15, 0.2) is 24.3 Å². The molecule has 0 heterocycles. The summed E-state index contributed by atoms with van der Waals surface area (Å²) in [6.45, 7) is 6.77. The van der Waals surface area contributed by atoms with Crippen LogP contribution >= 0.6 is 0 Å². The fourth-order valence-corrected chi connectivity index (χ4v) is 1.26. The number of carbonyl (C=O) groups is 1. The first-order valence-corrected chi connectivity index (χ1v) is 4.95. The Kier molecular flexibility index (Phi) is 3.69. The molecule has 0 aliphatic carbocycles. The highest BCUT2D eigenvalue weighted by Gasteiger charge is 2.05. The van der Waals surface area contributed by atoms with Gasteiger partial charge in [0.25, 0.3) is 0 Å². The molecule has 0 spiro atoms. The molecule has 0 aliphatic heterocycles. The van der Waals surface area contributed by atoms with Crippen LogP contribution in [0.5, 0.6) is 0 Å². The average Bonchev–Trinajstić information content (AvgIpc) is 2.15. The van der Waals surface area contributed by atoms with E-state index in [0.717, 1.165) is 17.8 Å². The highest BCUT2D eigenvalue weighted by molar-refractivity contribution is 5.99. The fourth-order valence-electron chi connectivity index (χ4n) is 1.26. The van der Waals surface area contributed by atoms with Crippen molar-refractivity contribution >= 4 is 11.5 Å². The van der Waals surface area contributed by atoms with Crippen molar-refractivity contribution in [2.45, 2.75) is 20.8 Å². The molecule has 2 nitrogen and oxygen atoms in total. The van der Waals surface area contributed by atoms with Gasteiger partial charge in [-0.05, 0) is 25.0 Å². The lowest BCUT2D eigenvalue weighted by Gasteiger charge is -2.11. The van der Waals surface area contributed by atoms with Gasteiger partial charge in [0.05, 0.1) is 0 Å². The van der Waals surface area contributed by atoms with Crippen LogP contribution in [0, 0.1) is 5.92 Å². The van der Waals surface area contributed by atoms with Gasteiger partial charge < -0.3 is 5.32 Å². The van der Waals surface area contributed by atoms with Crippen molar-refractivity contribution in [2.24, 2.45) is 5.92 Å². The van der Waals surface area contributed by atoms with Gasteiger partial charge in [-0.25, -0.2) is 0 Å². The molecule has 0 radical (unpaired) electrons. The van der Waals surface area contributed by atoms with Gasteiger partial charge in [-0.15, -0.1) is 0 Å². The molecule has 0 unspecified atom stereocenters. The summed E-state index contributed by atoms with van der Waals surface area (Å²) in [5.41, 5.74) is 1.71. The summed E-state index contributed by atoms with van der Waals surface area (Å²) in [5, 5.41) is 3.27.